The molecule has 1 aliphatic rings. The van der Waals surface area contributed by atoms with Gasteiger partial charge in [0.2, 0.25) is 5.91 Å². The van der Waals surface area contributed by atoms with E-state index in [1.807, 2.05) is 48.7 Å². The van der Waals surface area contributed by atoms with Gasteiger partial charge in [0.05, 0.1) is 5.92 Å². The van der Waals surface area contributed by atoms with Gasteiger partial charge in [0, 0.05) is 47.9 Å². The first kappa shape index (κ1) is 14.8. The van der Waals surface area contributed by atoms with Gasteiger partial charge in [0.25, 0.3) is 0 Å². The molecule has 0 spiro atoms. The number of hydrogen-bond donors (Lipinski definition) is 2. The van der Waals surface area contributed by atoms with Crippen LogP contribution in [0.3, 0.4) is 0 Å². The topological polar surface area (TPSA) is 54.0 Å². The lowest BCUT2D eigenvalue weighted by Crippen LogP contribution is -2.28. The van der Waals surface area contributed by atoms with Crippen LogP contribution in [0.5, 0.6) is 0 Å². The fraction of sp³-hybridized carbons (Fsp3) is 0.200. The van der Waals surface area contributed by atoms with Gasteiger partial charge >= 0.3 is 0 Å². The fourth-order valence-corrected chi connectivity index (χ4v) is 3.46. The van der Waals surface area contributed by atoms with E-state index in [1.165, 1.54) is 5.56 Å². The molecule has 2 N–H and O–H groups in total. The Balaban J connectivity index is 1.59. The molecule has 1 amide bonds. The maximum atomic E-state index is 12.9. The first-order chi connectivity index (χ1) is 11.8. The summed E-state index contributed by atoms with van der Waals surface area (Å²) in [6.45, 7) is 1.54. The molecule has 2 heterocycles. The highest BCUT2D eigenvalue weighted by molar-refractivity contribution is 6.02. The zero-order valence-corrected chi connectivity index (χ0v) is 13.3. The standard InChI is InChI=1S/C20H19N3O/c24-20(18-13-22-12-17(18)14-5-2-1-3-6-14)23-19-8-4-7-15-11-21-10-9-16(15)19/h1-11,17-18,22H,12-13H2,(H,23,24)/t17?,18-/m0/s1. The van der Waals surface area contributed by atoms with Crippen molar-refractivity contribution in [2.45, 2.75) is 5.92 Å². The number of aromatic nitrogens is 1. The largest absolute Gasteiger partial charge is 0.325 e. The fourth-order valence-electron chi connectivity index (χ4n) is 3.46. The van der Waals surface area contributed by atoms with Gasteiger partial charge in [0.15, 0.2) is 0 Å². The molecule has 4 rings (SSSR count). The van der Waals surface area contributed by atoms with Crippen molar-refractivity contribution in [3.63, 3.8) is 0 Å². The maximum Gasteiger partial charge on any atom is 0.229 e. The molecule has 0 bridgehead atoms. The smallest absolute Gasteiger partial charge is 0.229 e. The molecule has 24 heavy (non-hydrogen) atoms. The highest BCUT2D eigenvalue weighted by Gasteiger charge is 2.33. The second-order valence-corrected chi connectivity index (χ2v) is 6.17. The zero-order valence-electron chi connectivity index (χ0n) is 13.3. The molecule has 4 heteroatoms. The first-order valence-electron chi connectivity index (χ1n) is 8.22. The third-order valence-corrected chi connectivity index (χ3v) is 4.72. The Morgan fingerprint density at radius 3 is 2.79 bits per heavy atom. The minimum absolute atomic E-state index is 0.0653. The lowest BCUT2D eigenvalue weighted by Gasteiger charge is -2.19. The van der Waals surface area contributed by atoms with Gasteiger partial charge in [-0.2, -0.15) is 0 Å². The van der Waals surface area contributed by atoms with Gasteiger partial charge in [-0.15, -0.1) is 0 Å². The molecule has 1 saturated heterocycles. The van der Waals surface area contributed by atoms with Gasteiger partial charge < -0.3 is 10.6 Å². The van der Waals surface area contributed by atoms with Crippen molar-refractivity contribution in [1.29, 1.82) is 0 Å². The molecule has 4 nitrogen and oxygen atoms in total. The molecule has 0 saturated carbocycles. The van der Waals surface area contributed by atoms with Crippen molar-refractivity contribution < 1.29 is 4.79 Å². The third-order valence-electron chi connectivity index (χ3n) is 4.72. The van der Waals surface area contributed by atoms with Crippen molar-refractivity contribution in [2.75, 3.05) is 18.4 Å². The average molecular weight is 317 g/mol. The van der Waals surface area contributed by atoms with Gasteiger partial charge in [-0.3, -0.25) is 9.78 Å². The van der Waals surface area contributed by atoms with Crippen molar-refractivity contribution in [2.24, 2.45) is 5.92 Å². The Morgan fingerprint density at radius 1 is 1.04 bits per heavy atom. The van der Waals surface area contributed by atoms with Crippen molar-refractivity contribution in [1.82, 2.24) is 10.3 Å². The number of carbonyl (C=O) groups is 1. The van der Waals surface area contributed by atoms with Crippen molar-refractivity contribution >= 4 is 22.4 Å². The summed E-state index contributed by atoms with van der Waals surface area (Å²) in [7, 11) is 0. The minimum atomic E-state index is -0.0653. The summed E-state index contributed by atoms with van der Waals surface area (Å²) >= 11 is 0. The van der Waals surface area contributed by atoms with Crippen LogP contribution in [0.25, 0.3) is 10.8 Å². The van der Waals surface area contributed by atoms with E-state index in [9.17, 15) is 4.79 Å². The second-order valence-electron chi connectivity index (χ2n) is 6.17. The Morgan fingerprint density at radius 2 is 1.92 bits per heavy atom. The lowest BCUT2D eigenvalue weighted by atomic mass is 9.88. The first-order valence-corrected chi connectivity index (χ1v) is 8.22. The summed E-state index contributed by atoms with van der Waals surface area (Å²) in [5.41, 5.74) is 2.06. The number of fused-ring (bicyclic) bond motifs is 1. The summed E-state index contributed by atoms with van der Waals surface area (Å²) in [4.78, 5) is 17.0. The molecule has 2 aromatic carbocycles. The van der Waals surface area contributed by atoms with Crippen LogP contribution in [-0.4, -0.2) is 24.0 Å². The van der Waals surface area contributed by atoms with Crippen LogP contribution >= 0.6 is 0 Å². The SMILES string of the molecule is O=C(Nc1cccc2cnccc12)[C@H]1CNCC1c1ccccc1. The summed E-state index contributed by atoms with van der Waals surface area (Å²) in [6.07, 6.45) is 3.57. The summed E-state index contributed by atoms with van der Waals surface area (Å²) < 4.78 is 0. The van der Waals surface area contributed by atoms with E-state index in [2.05, 4.69) is 27.8 Å². The van der Waals surface area contributed by atoms with Crippen LogP contribution < -0.4 is 10.6 Å². The molecule has 1 unspecified atom stereocenters. The van der Waals surface area contributed by atoms with E-state index < -0.39 is 0 Å². The number of pyridine rings is 1. The number of rotatable bonds is 3. The number of carbonyl (C=O) groups excluding carboxylic acids is 1. The molecule has 120 valence electrons. The number of hydrogen-bond acceptors (Lipinski definition) is 3. The van der Waals surface area contributed by atoms with E-state index in [-0.39, 0.29) is 17.7 Å². The predicted octanol–water partition coefficient (Wildman–Crippen LogP) is 3.18. The van der Waals surface area contributed by atoms with E-state index in [1.54, 1.807) is 6.20 Å². The Bertz CT molecular complexity index is 858. The van der Waals surface area contributed by atoms with Crippen LogP contribution in [0.1, 0.15) is 11.5 Å². The van der Waals surface area contributed by atoms with Crippen molar-refractivity contribution in [3.05, 3.63) is 72.6 Å². The number of nitrogens with one attached hydrogen (secondary N) is 2. The molecular formula is C20H19N3O. The molecule has 0 radical (unpaired) electrons. The predicted molar refractivity (Wildman–Crippen MR) is 95.9 cm³/mol. The highest BCUT2D eigenvalue weighted by Crippen LogP contribution is 2.30. The number of benzene rings is 2. The molecule has 2 atom stereocenters. The van der Waals surface area contributed by atoms with Crippen molar-refractivity contribution in [3.8, 4) is 0 Å². The summed E-state index contributed by atoms with van der Waals surface area (Å²) in [6, 6.07) is 18.1. The van der Waals surface area contributed by atoms with Crippen LogP contribution in [-0.2, 0) is 4.79 Å². The van der Waals surface area contributed by atoms with Crippen LogP contribution in [0.15, 0.2) is 67.0 Å². The Hall–Kier alpha value is -2.72. The summed E-state index contributed by atoms with van der Waals surface area (Å²) in [5, 5.41) is 8.52. The molecule has 3 aromatic rings. The van der Waals surface area contributed by atoms with Crippen LogP contribution in [0.2, 0.25) is 0 Å². The minimum Gasteiger partial charge on any atom is -0.325 e. The van der Waals surface area contributed by atoms with Gasteiger partial charge in [-0.05, 0) is 17.7 Å². The Kier molecular flexibility index (Phi) is 3.97. The Labute approximate surface area is 140 Å². The van der Waals surface area contributed by atoms with Crippen LogP contribution in [0, 0.1) is 5.92 Å². The molecule has 1 aromatic heterocycles. The maximum absolute atomic E-state index is 12.9. The monoisotopic (exact) mass is 317 g/mol. The van der Waals surface area contributed by atoms with E-state index in [0.717, 1.165) is 23.0 Å². The van der Waals surface area contributed by atoms with E-state index in [4.69, 9.17) is 0 Å². The van der Waals surface area contributed by atoms with Gasteiger partial charge in [-0.25, -0.2) is 0 Å². The molecule has 1 aliphatic heterocycles. The second kappa shape index (κ2) is 6.42. The molecular weight excluding hydrogens is 298 g/mol. The molecule has 1 fully saturated rings. The number of anilines is 1. The molecule has 0 aliphatic carbocycles. The number of amides is 1. The lowest BCUT2D eigenvalue weighted by molar-refractivity contribution is -0.119. The quantitative estimate of drug-likeness (QED) is 0.780. The van der Waals surface area contributed by atoms with E-state index >= 15 is 0 Å². The van der Waals surface area contributed by atoms with E-state index in [0.29, 0.717) is 6.54 Å². The normalized spacial score (nSPS) is 20.2. The third kappa shape index (κ3) is 2.76. The average Bonchev–Trinajstić information content (AvgIpc) is 3.13. The van der Waals surface area contributed by atoms with Gasteiger partial charge in [-0.1, -0.05) is 42.5 Å². The van der Waals surface area contributed by atoms with Crippen LogP contribution in [0.4, 0.5) is 5.69 Å². The highest BCUT2D eigenvalue weighted by atomic mass is 16.1. The zero-order chi connectivity index (χ0) is 16.4. The van der Waals surface area contributed by atoms with Gasteiger partial charge in [0.1, 0.15) is 0 Å². The number of nitrogens with zero attached hydrogens (tertiary/aromatic N) is 1. The summed E-state index contributed by atoms with van der Waals surface area (Å²) in [5.74, 6) is 0.213.